The maximum absolute atomic E-state index is 10.7. The molecule has 1 aromatic heterocycles. The Kier molecular flexibility index (Phi) is 4.82. The molecule has 8 heteroatoms. The molecule has 2 aromatic rings. The van der Waals surface area contributed by atoms with E-state index in [0.29, 0.717) is 0 Å². The van der Waals surface area contributed by atoms with Crippen LogP contribution in [0.2, 0.25) is 0 Å². The van der Waals surface area contributed by atoms with Crippen molar-refractivity contribution >= 4 is 28.0 Å². The van der Waals surface area contributed by atoms with E-state index in [9.17, 15) is 10.1 Å². The van der Waals surface area contributed by atoms with E-state index in [1.54, 1.807) is 12.1 Å². The van der Waals surface area contributed by atoms with Gasteiger partial charge in [-0.25, -0.2) is 4.98 Å². The lowest BCUT2D eigenvalue weighted by atomic mass is 10.1. The maximum Gasteiger partial charge on any atom is 0.269 e. The molecule has 0 atom stereocenters. The van der Waals surface area contributed by atoms with Gasteiger partial charge in [-0.15, -0.1) is 11.3 Å². The van der Waals surface area contributed by atoms with Gasteiger partial charge < -0.3 is 0 Å². The van der Waals surface area contributed by atoms with Crippen LogP contribution in [-0.2, 0) is 0 Å². The number of thiazole rings is 1. The second-order valence-electron chi connectivity index (χ2n) is 5.23. The number of amidine groups is 1. The van der Waals surface area contributed by atoms with Crippen molar-refractivity contribution in [1.29, 1.82) is 0 Å². The zero-order valence-corrected chi connectivity index (χ0v) is 13.3. The summed E-state index contributed by atoms with van der Waals surface area (Å²) in [5.74, 6) is 0.967. The first-order chi connectivity index (χ1) is 11.2. The number of non-ortho nitro benzene ring substituents is 1. The summed E-state index contributed by atoms with van der Waals surface area (Å²) in [5, 5.41) is 13.3. The van der Waals surface area contributed by atoms with Gasteiger partial charge in [0, 0.05) is 36.0 Å². The predicted octanol–water partition coefficient (Wildman–Crippen LogP) is 3.61. The average Bonchev–Trinajstić information content (AvgIpc) is 2.88. The smallest absolute Gasteiger partial charge is 0.269 e. The van der Waals surface area contributed by atoms with E-state index < -0.39 is 4.92 Å². The molecule has 0 saturated heterocycles. The van der Waals surface area contributed by atoms with Crippen LogP contribution in [0.15, 0.2) is 34.6 Å². The Bertz CT molecular complexity index is 711. The fraction of sp³-hybridized carbons (Fsp3) is 0.333. The molecule has 0 bridgehead atoms. The Morgan fingerprint density at radius 2 is 1.96 bits per heavy atom. The van der Waals surface area contributed by atoms with Crippen LogP contribution in [0.25, 0.3) is 11.3 Å². The number of aliphatic imine (C=N–C) groups is 1. The molecule has 1 aliphatic rings. The molecule has 0 radical (unpaired) electrons. The molecule has 0 spiro atoms. The van der Waals surface area contributed by atoms with E-state index in [4.69, 9.17) is 0 Å². The SMILES string of the molecule is O=[N+]([O-])c1ccc(-c2csc(NNC3=NCCCCC3)n2)cc1. The van der Waals surface area contributed by atoms with Crippen molar-refractivity contribution in [2.24, 2.45) is 4.99 Å². The third-order valence-electron chi connectivity index (χ3n) is 3.57. The Morgan fingerprint density at radius 1 is 1.13 bits per heavy atom. The minimum absolute atomic E-state index is 0.0790. The largest absolute Gasteiger partial charge is 0.286 e. The molecule has 1 aliphatic heterocycles. The molecule has 1 aromatic carbocycles. The predicted molar refractivity (Wildman–Crippen MR) is 91.7 cm³/mol. The highest BCUT2D eigenvalue weighted by atomic mass is 32.1. The molecule has 3 rings (SSSR count). The van der Waals surface area contributed by atoms with E-state index in [0.717, 1.165) is 48.0 Å². The number of nitrogens with one attached hydrogen (secondary N) is 2. The van der Waals surface area contributed by atoms with Crippen LogP contribution in [0.4, 0.5) is 10.8 Å². The Morgan fingerprint density at radius 3 is 2.74 bits per heavy atom. The molecular formula is C15H17N5O2S. The van der Waals surface area contributed by atoms with Crippen LogP contribution in [0, 0.1) is 10.1 Å². The van der Waals surface area contributed by atoms with Gasteiger partial charge in [0.1, 0.15) is 5.84 Å². The third-order valence-corrected chi connectivity index (χ3v) is 4.32. The van der Waals surface area contributed by atoms with E-state index in [1.165, 1.54) is 29.9 Å². The number of hydrazine groups is 1. The van der Waals surface area contributed by atoms with E-state index in [-0.39, 0.29) is 5.69 Å². The van der Waals surface area contributed by atoms with Gasteiger partial charge in [0.2, 0.25) is 5.13 Å². The van der Waals surface area contributed by atoms with Crippen molar-refractivity contribution < 1.29 is 4.92 Å². The molecular weight excluding hydrogens is 314 g/mol. The number of rotatable bonds is 4. The number of nitro benzene ring substituents is 1. The zero-order chi connectivity index (χ0) is 16.1. The second-order valence-corrected chi connectivity index (χ2v) is 6.09. The summed E-state index contributed by atoms with van der Waals surface area (Å²) in [6.07, 6.45) is 4.47. The molecule has 0 fully saturated rings. The first-order valence-electron chi connectivity index (χ1n) is 7.48. The van der Waals surface area contributed by atoms with Gasteiger partial charge in [-0.1, -0.05) is 6.42 Å². The summed E-state index contributed by atoms with van der Waals surface area (Å²) >= 11 is 1.48. The summed E-state index contributed by atoms with van der Waals surface area (Å²) < 4.78 is 0. The summed E-state index contributed by atoms with van der Waals surface area (Å²) in [6, 6.07) is 6.39. The van der Waals surface area contributed by atoms with Gasteiger partial charge in [0.05, 0.1) is 10.6 Å². The molecule has 2 N–H and O–H groups in total. The minimum atomic E-state index is -0.408. The van der Waals surface area contributed by atoms with Crippen molar-refractivity contribution in [3.63, 3.8) is 0 Å². The topological polar surface area (TPSA) is 92.5 Å². The first kappa shape index (κ1) is 15.4. The number of nitro groups is 1. The highest BCUT2D eigenvalue weighted by Gasteiger charge is 2.09. The third kappa shape index (κ3) is 4.04. The summed E-state index contributed by atoms with van der Waals surface area (Å²) in [5.41, 5.74) is 7.93. The van der Waals surface area contributed by atoms with Crippen molar-refractivity contribution in [3.8, 4) is 11.3 Å². The van der Waals surface area contributed by atoms with Gasteiger partial charge >= 0.3 is 0 Å². The zero-order valence-electron chi connectivity index (χ0n) is 12.5. The van der Waals surface area contributed by atoms with Crippen LogP contribution in [0.1, 0.15) is 25.7 Å². The Balaban J connectivity index is 1.63. The lowest BCUT2D eigenvalue weighted by molar-refractivity contribution is -0.384. The van der Waals surface area contributed by atoms with E-state index >= 15 is 0 Å². The van der Waals surface area contributed by atoms with Gasteiger partial charge in [-0.2, -0.15) is 0 Å². The van der Waals surface area contributed by atoms with Gasteiger partial charge in [-0.3, -0.25) is 26.0 Å². The normalized spacial score (nSPS) is 14.7. The van der Waals surface area contributed by atoms with Crippen LogP contribution >= 0.6 is 11.3 Å². The summed E-state index contributed by atoms with van der Waals surface area (Å²) in [7, 11) is 0. The van der Waals surface area contributed by atoms with Gasteiger partial charge in [0.25, 0.3) is 5.69 Å². The summed E-state index contributed by atoms with van der Waals surface area (Å²) in [4.78, 5) is 19.2. The highest BCUT2D eigenvalue weighted by molar-refractivity contribution is 7.14. The second kappa shape index (κ2) is 7.19. The van der Waals surface area contributed by atoms with Crippen LogP contribution in [0.3, 0.4) is 0 Å². The van der Waals surface area contributed by atoms with E-state index in [1.807, 2.05) is 5.38 Å². The standard InChI is InChI=1S/C15H17N5O2S/c21-20(22)12-7-5-11(6-8-12)13-10-23-15(17-13)19-18-14-4-2-1-3-9-16-14/h5-8,10H,1-4,9H2,(H,16,18)(H,17,19). The molecule has 120 valence electrons. The monoisotopic (exact) mass is 331 g/mol. The number of aromatic nitrogens is 1. The van der Waals surface area contributed by atoms with Crippen LogP contribution in [0.5, 0.6) is 0 Å². The lowest BCUT2D eigenvalue weighted by Gasteiger charge is -2.08. The summed E-state index contributed by atoms with van der Waals surface area (Å²) in [6.45, 7) is 0.871. The van der Waals surface area contributed by atoms with Gasteiger partial charge in [-0.05, 0) is 25.0 Å². The number of anilines is 1. The quantitative estimate of drug-likeness (QED) is 0.659. The number of hydrogen-bond donors (Lipinski definition) is 2. The molecule has 2 heterocycles. The molecule has 0 aliphatic carbocycles. The number of benzene rings is 1. The van der Waals surface area contributed by atoms with Crippen LogP contribution in [-0.4, -0.2) is 22.3 Å². The van der Waals surface area contributed by atoms with E-state index in [2.05, 4.69) is 20.8 Å². The molecule has 7 nitrogen and oxygen atoms in total. The van der Waals surface area contributed by atoms with Crippen molar-refractivity contribution in [1.82, 2.24) is 10.4 Å². The lowest BCUT2D eigenvalue weighted by Crippen LogP contribution is -2.29. The fourth-order valence-corrected chi connectivity index (χ4v) is 2.99. The van der Waals surface area contributed by atoms with Crippen LogP contribution < -0.4 is 10.9 Å². The Hall–Kier alpha value is -2.48. The fourth-order valence-electron chi connectivity index (χ4n) is 2.32. The first-order valence-corrected chi connectivity index (χ1v) is 8.36. The number of hydrogen-bond acceptors (Lipinski definition) is 7. The molecule has 0 saturated carbocycles. The Labute approximate surface area is 137 Å². The molecule has 0 unspecified atom stereocenters. The molecule has 0 amide bonds. The van der Waals surface area contributed by atoms with Crippen molar-refractivity contribution in [2.75, 3.05) is 12.0 Å². The minimum Gasteiger partial charge on any atom is -0.286 e. The average molecular weight is 331 g/mol. The van der Waals surface area contributed by atoms with Crippen molar-refractivity contribution in [3.05, 3.63) is 39.8 Å². The maximum atomic E-state index is 10.7. The molecule has 23 heavy (non-hydrogen) atoms. The number of nitrogens with zero attached hydrogens (tertiary/aromatic N) is 3. The highest BCUT2D eigenvalue weighted by Crippen LogP contribution is 2.26. The van der Waals surface area contributed by atoms with Gasteiger partial charge in [0.15, 0.2) is 0 Å². The van der Waals surface area contributed by atoms with Crippen molar-refractivity contribution in [2.45, 2.75) is 25.7 Å².